The summed E-state index contributed by atoms with van der Waals surface area (Å²) in [5.74, 6) is 0.457. The van der Waals surface area contributed by atoms with Crippen molar-refractivity contribution >= 4 is 5.78 Å². The van der Waals surface area contributed by atoms with Gasteiger partial charge < -0.3 is 5.11 Å². The molecule has 3 heterocycles. The molecule has 1 N–H and O–H groups in total. The molecule has 1 aromatic carbocycles. The topological polar surface area (TPSA) is 53.7 Å². The third-order valence-corrected chi connectivity index (χ3v) is 4.86. The first-order valence-corrected chi connectivity index (χ1v) is 8.49. The number of β-amino-alcohol motifs (C(OH)–C–C–N with tert-alkyl or cyclic N) is 1. The Morgan fingerprint density at radius 1 is 1.24 bits per heavy atom. The van der Waals surface area contributed by atoms with Crippen molar-refractivity contribution in [3.8, 4) is 0 Å². The molecule has 1 aliphatic rings. The fraction of sp³-hybridized carbons (Fsp3) is 0.368. The van der Waals surface area contributed by atoms with Crippen molar-refractivity contribution in [2.75, 3.05) is 6.54 Å². The summed E-state index contributed by atoms with van der Waals surface area (Å²) < 4.78 is 15.3. The minimum absolute atomic E-state index is 0.0693. The van der Waals surface area contributed by atoms with Crippen LogP contribution in [0.5, 0.6) is 0 Å². The van der Waals surface area contributed by atoms with E-state index in [1.807, 2.05) is 26.1 Å². The van der Waals surface area contributed by atoms with Crippen LogP contribution in [0.2, 0.25) is 0 Å². The predicted octanol–water partition coefficient (Wildman–Crippen LogP) is 2.79. The normalized spacial score (nSPS) is 21.3. The van der Waals surface area contributed by atoms with Crippen molar-refractivity contribution in [3.63, 3.8) is 0 Å². The number of aryl methyl sites for hydroxylation is 2. The number of aliphatic hydroxyl groups excluding tert-OH is 1. The lowest BCUT2D eigenvalue weighted by molar-refractivity contribution is 0.172. The highest BCUT2D eigenvalue weighted by atomic mass is 19.1. The average molecular weight is 340 g/mol. The standard InChI is InChI=1S/C19H21FN4O/c1-12-7-13(2)24-16(9-21-19(24)22-12)10-23-11-17(25)8-18(23)14-3-5-15(20)6-4-14/h3-7,9,17-18,25H,8,10-11H2,1-2H3/t17-,18-/m1/s1. The number of rotatable bonds is 3. The molecule has 0 saturated carbocycles. The largest absolute Gasteiger partial charge is 0.392 e. The van der Waals surface area contributed by atoms with E-state index in [1.54, 1.807) is 12.1 Å². The maximum atomic E-state index is 13.2. The van der Waals surface area contributed by atoms with Crippen molar-refractivity contribution < 1.29 is 9.50 Å². The van der Waals surface area contributed by atoms with Crippen LogP contribution in [0.25, 0.3) is 5.78 Å². The molecule has 25 heavy (non-hydrogen) atoms. The summed E-state index contributed by atoms with van der Waals surface area (Å²) in [6.45, 7) is 5.26. The quantitative estimate of drug-likeness (QED) is 0.797. The van der Waals surface area contributed by atoms with Gasteiger partial charge in [-0.1, -0.05) is 12.1 Å². The Labute approximate surface area is 145 Å². The zero-order chi connectivity index (χ0) is 17.6. The molecule has 2 atom stereocenters. The highest BCUT2D eigenvalue weighted by molar-refractivity contribution is 5.35. The van der Waals surface area contributed by atoms with E-state index in [0.717, 1.165) is 22.6 Å². The van der Waals surface area contributed by atoms with Gasteiger partial charge in [-0.2, -0.15) is 0 Å². The molecular formula is C19H21FN4O. The van der Waals surface area contributed by atoms with Gasteiger partial charge in [0.2, 0.25) is 5.78 Å². The van der Waals surface area contributed by atoms with E-state index in [1.165, 1.54) is 12.1 Å². The van der Waals surface area contributed by atoms with Crippen molar-refractivity contribution in [1.82, 2.24) is 19.3 Å². The van der Waals surface area contributed by atoms with Crippen LogP contribution < -0.4 is 0 Å². The van der Waals surface area contributed by atoms with E-state index in [9.17, 15) is 9.50 Å². The van der Waals surface area contributed by atoms with Gasteiger partial charge >= 0.3 is 0 Å². The first-order chi connectivity index (χ1) is 12.0. The molecule has 0 unspecified atom stereocenters. The minimum atomic E-state index is -0.379. The zero-order valence-electron chi connectivity index (χ0n) is 14.4. The Morgan fingerprint density at radius 2 is 2.00 bits per heavy atom. The van der Waals surface area contributed by atoms with Crippen molar-refractivity contribution in [3.05, 3.63) is 65.0 Å². The Balaban J connectivity index is 1.66. The number of halogens is 1. The smallest absolute Gasteiger partial charge is 0.234 e. The van der Waals surface area contributed by atoms with Crippen LogP contribution in [0, 0.1) is 19.7 Å². The maximum absolute atomic E-state index is 13.2. The van der Waals surface area contributed by atoms with E-state index in [2.05, 4.69) is 19.3 Å². The predicted molar refractivity (Wildman–Crippen MR) is 92.6 cm³/mol. The van der Waals surface area contributed by atoms with Crippen molar-refractivity contribution in [2.24, 2.45) is 0 Å². The number of hydrogen-bond acceptors (Lipinski definition) is 4. The molecule has 6 heteroatoms. The summed E-state index contributed by atoms with van der Waals surface area (Å²) >= 11 is 0. The molecule has 2 aromatic heterocycles. The highest BCUT2D eigenvalue weighted by Crippen LogP contribution is 2.33. The second-order valence-corrected chi connectivity index (χ2v) is 6.81. The molecule has 0 amide bonds. The SMILES string of the molecule is Cc1cc(C)n2c(CN3C[C@H](O)C[C@@H]3c3ccc(F)cc3)cnc2n1. The molecule has 1 saturated heterocycles. The van der Waals surface area contributed by atoms with Crippen LogP contribution in [0.15, 0.2) is 36.5 Å². The van der Waals surface area contributed by atoms with Gasteiger partial charge in [0, 0.05) is 30.5 Å². The number of nitrogens with zero attached hydrogens (tertiary/aromatic N) is 4. The first-order valence-electron chi connectivity index (χ1n) is 8.49. The lowest BCUT2D eigenvalue weighted by Gasteiger charge is -2.24. The van der Waals surface area contributed by atoms with Gasteiger partial charge in [-0.15, -0.1) is 0 Å². The van der Waals surface area contributed by atoms with Gasteiger partial charge in [-0.25, -0.2) is 14.4 Å². The van der Waals surface area contributed by atoms with E-state index in [-0.39, 0.29) is 18.0 Å². The Bertz CT molecular complexity index is 906. The van der Waals surface area contributed by atoms with E-state index in [0.29, 0.717) is 25.3 Å². The molecule has 0 bridgehead atoms. The monoisotopic (exact) mass is 340 g/mol. The zero-order valence-corrected chi connectivity index (χ0v) is 14.4. The van der Waals surface area contributed by atoms with Gasteiger partial charge in [0.05, 0.1) is 18.0 Å². The summed E-state index contributed by atoms with van der Waals surface area (Å²) in [5.41, 5.74) is 4.11. The summed E-state index contributed by atoms with van der Waals surface area (Å²) in [7, 11) is 0. The van der Waals surface area contributed by atoms with E-state index in [4.69, 9.17) is 0 Å². The number of aromatic nitrogens is 3. The molecule has 4 rings (SSSR count). The minimum Gasteiger partial charge on any atom is -0.392 e. The summed E-state index contributed by atoms with van der Waals surface area (Å²) in [6, 6.07) is 8.66. The van der Waals surface area contributed by atoms with Crippen LogP contribution in [0.3, 0.4) is 0 Å². The lowest BCUT2D eigenvalue weighted by atomic mass is 10.0. The number of fused-ring (bicyclic) bond motifs is 1. The van der Waals surface area contributed by atoms with Gasteiger partial charge in [0.1, 0.15) is 5.82 Å². The second-order valence-electron chi connectivity index (χ2n) is 6.81. The van der Waals surface area contributed by atoms with Crippen LogP contribution in [0.4, 0.5) is 4.39 Å². The molecular weight excluding hydrogens is 319 g/mol. The Hall–Kier alpha value is -2.31. The van der Waals surface area contributed by atoms with Gasteiger partial charge in [-0.3, -0.25) is 9.30 Å². The number of likely N-dealkylation sites (tertiary alicyclic amines) is 1. The maximum Gasteiger partial charge on any atom is 0.234 e. The van der Waals surface area contributed by atoms with Crippen LogP contribution in [-0.4, -0.2) is 37.0 Å². The Morgan fingerprint density at radius 3 is 2.76 bits per heavy atom. The number of benzene rings is 1. The fourth-order valence-electron chi connectivity index (χ4n) is 3.80. The average Bonchev–Trinajstić information content (AvgIpc) is 3.12. The van der Waals surface area contributed by atoms with Gasteiger partial charge in [0.25, 0.3) is 0 Å². The first kappa shape index (κ1) is 16.2. The van der Waals surface area contributed by atoms with Crippen LogP contribution in [0.1, 0.15) is 35.1 Å². The third kappa shape index (κ3) is 3.03. The summed E-state index contributed by atoms with van der Waals surface area (Å²) in [6.07, 6.45) is 2.12. The molecule has 130 valence electrons. The molecule has 3 aromatic rings. The molecule has 1 aliphatic heterocycles. The molecule has 0 aliphatic carbocycles. The molecule has 0 spiro atoms. The number of imidazole rings is 1. The van der Waals surface area contributed by atoms with E-state index >= 15 is 0 Å². The molecule has 1 fully saturated rings. The highest BCUT2D eigenvalue weighted by Gasteiger charge is 2.32. The summed E-state index contributed by atoms with van der Waals surface area (Å²) in [5, 5.41) is 10.2. The third-order valence-electron chi connectivity index (χ3n) is 4.86. The van der Waals surface area contributed by atoms with Gasteiger partial charge in [-0.05, 0) is 44.0 Å². The summed E-state index contributed by atoms with van der Waals surface area (Å²) in [4.78, 5) is 11.1. The molecule has 5 nitrogen and oxygen atoms in total. The van der Waals surface area contributed by atoms with Crippen LogP contribution >= 0.6 is 0 Å². The van der Waals surface area contributed by atoms with E-state index < -0.39 is 0 Å². The fourth-order valence-corrected chi connectivity index (χ4v) is 3.80. The Kier molecular flexibility index (Phi) is 4.01. The number of aliphatic hydroxyl groups is 1. The second kappa shape index (κ2) is 6.20. The molecule has 0 radical (unpaired) electrons. The lowest BCUT2D eigenvalue weighted by Crippen LogP contribution is -2.25. The van der Waals surface area contributed by atoms with Crippen LogP contribution in [-0.2, 0) is 6.54 Å². The number of hydrogen-bond donors (Lipinski definition) is 1. The van der Waals surface area contributed by atoms with Crippen molar-refractivity contribution in [2.45, 2.75) is 39.0 Å². The van der Waals surface area contributed by atoms with Gasteiger partial charge in [0.15, 0.2) is 0 Å². The van der Waals surface area contributed by atoms with Crippen molar-refractivity contribution in [1.29, 1.82) is 0 Å².